The zero-order valence-electron chi connectivity index (χ0n) is 18.8. The molecule has 2 fully saturated rings. The number of rotatable bonds is 6. The molecule has 178 valence electrons. The topological polar surface area (TPSA) is 112 Å². The lowest BCUT2D eigenvalue weighted by Crippen LogP contribution is -2.34. The standard InChI is InChI=1S/C24H26FN5O4/c1-26-23(31)21-9-19(34-28-21)13-30(24(32)33)10-14-6-16-11-29(12-17(16)7-14)22-5-2-15-8-18(25)3-4-20(15)27-22/h2-5,8-9,14,16-17H,6-7,10-13H2,1H3,(H,26,31)(H,32,33)/t14-,16-,17+. The van der Waals surface area contributed by atoms with Crippen LogP contribution in [0, 0.1) is 23.6 Å². The molecule has 3 aromatic rings. The van der Waals surface area contributed by atoms with Gasteiger partial charge in [-0.3, -0.25) is 4.79 Å². The summed E-state index contributed by atoms with van der Waals surface area (Å²) < 4.78 is 18.6. The van der Waals surface area contributed by atoms with Crippen molar-refractivity contribution < 1.29 is 23.6 Å². The van der Waals surface area contributed by atoms with Crippen molar-refractivity contribution in [2.75, 3.05) is 31.6 Å². The van der Waals surface area contributed by atoms with Crippen LogP contribution in [0.2, 0.25) is 0 Å². The van der Waals surface area contributed by atoms with Gasteiger partial charge in [-0.2, -0.15) is 0 Å². The second-order valence-electron chi connectivity index (χ2n) is 9.19. The number of amides is 2. The van der Waals surface area contributed by atoms with E-state index in [1.165, 1.54) is 30.1 Å². The molecule has 10 heteroatoms. The summed E-state index contributed by atoms with van der Waals surface area (Å²) in [5.41, 5.74) is 0.906. The smallest absolute Gasteiger partial charge is 0.407 e. The lowest BCUT2D eigenvalue weighted by molar-refractivity contribution is 0.0953. The fourth-order valence-electron chi connectivity index (χ4n) is 5.36. The first-order chi connectivity index (χ1) is 16.4. The predicted octanol–water partition coefficient (Wildman–Crippen LogP) is 3.36. The van der Waals surface area contributed by atoms with Crippen LogP contribution in [-0.2, 0) is 6.54 Å². The second-order valence-corrected chi connectivity index (χ2v) is 9.19. The number of nitrogens with one attached hydrogen (secondary N) is 1. The van der Waals surface area contributed by atoms with E-state index >= 15 is 0 Å². The molecule has 34 heavy (non-hydrogen) atoms. The summed E-state index contributed by atoms with van der Waals surface area (Å²) in [5.74, 6) is 1.82. The van der Waals surface area contributed by atoms with Crippen LogP contribution in [0.3, 0.4) is 0 Å². The molecule has 0 unspecified atom stereocenters. The summed E-state index contributed by atoms with van der Waals surface area (Å²) in [6.45, 7) is 2.23. The largest absolute Gasteiger partial charge is 0.465 e. The van der Waals surface area contributed by atoms with Crippen LogP contribution in [0.5, 0.6) is 0 Å². The first kappa shape index (κ1) is 22.1. The van der Waals surface area contributed by atoms with Gasteiger partial charge in [0.1, 0.15) is 11.6 Å². The minimum atomic E-state index is -1.02. The van der Waals surface area contributed by atoms with E-state index < -0.39 is 6.09 Å². The Hall–Kier alpha value is -3.69. The second kappa shape index (κ2) is 8.92. The molecule has 2 aliphatic rings. The quantitative estimate of drug-likeness (QED) is 0.572. The van der Waals surface area contributed by atoms with Crippen LogP contribution in [-0.4, -0.2) is 58.8 Å². The zero-order valence-corrected chi connectivity index (χ0v) is 18.8. The molecule has 9 nitrogen and oxygen atoms in total. The summed E-state index contributed by atoms with van der Waals surface area (Å²) in [6, 6.07) is 9.93. The normalized spacial score (nSPS) is 21.6. The number of carboxylic acid groups (broad SMARTS) is 1. The summed E-state index contributed by atoms with van der Waals surface area (Å²) in [7, 11) is 1.50. The van der Waals surface area contributed by atoms with Gasteiger partial charge in [-0.05, 0) is 60.9 Å². The molecule has 1 aliphatic carbocycles. The fraction of sp³-hybridized carbons (Fsp3) is 0.417. The van der Waals surface area contributed by atoms with Crippen molar-refractivity contribution in [1.82, 2.24) is 20.4 Å². The molecule has 1 saturated heterocycles. The maximum absolute atomic E-state index is 13.4. The number of carbonyl (C=O) groups excluding carboxylic acids is 1. The number of benzene rings is 1. The highest BCUT2D eigenvalue weighted by Gasteiger charge is 2.42. The lowest BCUT2D eigenvalue weighted by atomic mass is 10.0. The van der Waals surface area contributed by atoms with E-state index in [-0.39, 0.29) is 29.9 Å². The van der Waals surface area contributed by atoms with E-state index in [9.17, 15) is 19.1 Å². The molecule has 2 N–H and O–H groups in total. The maximum Gasteiger partial charge on any atom is 0.407 e. The van der Waals surface area contributed by atoms with Crippen LogP contribution in [0.25, 0.3) is 10.9 Å². The van der Waals surface area contributed by atoms with Crippen LogP contribution in [0.15, 0.2) is 40.9 Å². The molecule has 1 saturated carbocycles. The highest BCUT2D eigenvalue weighted by atomic mass is 19.1. The van der Waals surface area contributed by atoms with Gasteiger partial charge in [-0.1, -0.05) is 5.16 Å². The van der Waals surface area contributed by atoms with Gasteiger partial charge in [0.25, 0.3) is 5.91 Å². The Morgan fingerprint density at radius 2 is 1.97 bits per heavy atom. The molecule has 0 radical (unpaired) electrons. The molecule has 0 spiro atoms. The van der Waals surface area contributed by atoms with E-state index in [0.717, 1.165) is 42.7 Å². The van der Waals surface area contributed by atoms with Crippen LogP contribution in [0.1, 0.15) is 29.1 Å². The number of aromatic nitrogens is 2. The third kappa shape index (κ3) is 4.40. The molecule has 2 aromatic heterocycles. The predicted molar refractivity (Wildman–Crippen MR) is 122 cm³/mol. The Morgan fingerprint density at radius 3 is 2.68 bits per heavy atom. The molecule has 3 heterocycles. The summed E-state index contributed by atoms with van der Waals surface area (Å²) >= 11 is 0. The molecular weight excluding hydrogens is 441 g/mol. The molecule has 5 rings (SSSR count). The third-order valence-corrected chi connectivity index (χ3v) is 6.92. The van der Waals surface area contributed by atoms with Gasteiger partial charge in [0.05, 0.1) is 12.1 Å². The van der Waals surface area contributed by atoms with Crippen molar-refractivity contribution in [1.29, 1.82) is 0 Å². The number of pyridine rings is 1. The van der Waals surface area contributed by atoms with Crippen molar-refractivity contribution in [2.24, 2.45) is 17.8 Å². The van der Waals surface area contributed by atoms with Gasteiger partial charge < -0.3 is 24.7 Å². The number of hydrogen-bond acceptors (Lipinski definition) is 6. The molecular formula is C24H26FN5O4. The maximum atomic E-state index is 13.4. The van der Waals surface area contributed by atoms with Gasteiger partial charge in [0, 0.05) is 38.1 Å². The minimum Gasteiger partial charge on any atom is -0.465 e. The highest BCUT2D eigenvalue weighted by molar-refractivity contribution is 5.91. The number of carbonyl (C=O) groups is 2. The van der Waals surface area contributed by atoms with Gasteiger partial charge >= 0.3 is 6.09 Å². The van der Waals surface area contributed by atoms with Crippen molar-refractivity contribution in [3.05, 3.63) is 53.7 Å². The van der Waals surface area contributed by atoms with E-state index in [1.54, 1.807) is 6.07 Å². The van der Waals surface area contributed by atoms with Gasteiger partial charge in [-0.25, -0.2) is 14.2 Å². The Kier molecular flexibility index (Phi) is 5.80. The Bertz CT molecular complexity index is 1220. The molecule has 2 amide bonds. The molecule has 1 aromatic carbocycles. The molecule has 0 bridgehead atoms. The summed E-state index contributed by atoms with van der Waals surface area (Å²) in [4.78, 5) is 31.8. The first-order valence-corrected chi connectivity index (χ1v) is 11.4. The SMILES string of the molecule is CNC(=O)c1cc(CN(C[C@@H]2C[C@@H]3CN(c4ccc5cc(F)ccc5n4)C[C@@H]3C2)C(=O)O)on1. The Labute approximate surface area is 195 Å². The average molecular weight is 468 g/mol. The van der Waals surface area contributed by atoms with Crippen molar-refractivity contribution >= 4 is 28.7 Å². The van der Waals surface area contributed by atoms with Crippen LogP contribution >= 0.6 is 0 Å². The number of nitrogens with zero attached hydrogens (tertiary/aromatic N) is 4. The van der Waals surface area contributed by atoms with Gasteiger partial charge in [-0.15, -0.1) is 0 Å². The van der Waals surface area contributed by atoms with E-state index in [4.69, 9.17) is 9.51 Å². The van der Waals surface area contributed by atoms with Crippen molar-refractivity contribution in [3.8, 4) is 0 Å². The number of hydrogen-bond donors (Lipinski definition) is 2. The molecule has 1 aliphatic heterocycles. The first-order valence-electron chi connectivity index (χ1n) is 11.4. The van der Waals surface area contributed by atoms with E-state index in [1.807, 2.05) is 12.1 Å². The average Bonchev–Trinajstić information content (AvgIpc) is 3.53. The summed E-state index contributed by atoms with van der Waals surface area (Å²) in [6.07, 6.45) is 0.876. The van der Waals surface area contributed by atoms with Gasteiger partial charge in [0.2, 0.25) is 0 Å². The van der Waals surface area contributed by atoms with Crippen LogP contribution in [0.4, 0.5) is 15.0 Å². The number of anilines is 1. The van der Waals surface area contributed by atoms with Crippen LogP contribution < -0.4 is 10.2 Å². The van der Waals surface area contributed by atoms with E-state index in [2.05, 4.69) is 15.4 Å². The Morgan fingerprint density at radius 1 is 1.21 bits per heavy atom. The van der Waals surface area contributed by atoms with E-state index in [0.29, 0.717) is 24.1 Å². The van der Waals surface area contributed by atoms with Gasteiger partial charge in [0.15, 0.2) is 11.5 Å². The number of halogens is 1. The van der Waals surface area contributed by atoms with Crippen molar-refractivity contribution in [2.45, 2.75) is 19.4 Å². The monoisotopic (exact) mass is 467 g/mol. The third-order valence-electron chi connectivity index (χ3n) is 6.92. The minimum absolute atomic E-state index is 0.0545. The van der Waals surface area contributed by atoms with Crippen molar-refractivity contribution in [3.63, 3.8) is 0 Å². The highest BCUT2D eigenvalue weighted by Crippen LogP contribution is 2.43. The molecule has 3 atom stereocenters. The fourth-order valence-corrected chi connectivity index (χ4v) is 5.36. The number of fused-ring (bicyclic) bond motifs is 2. The lowest BCUT2D eigenvalue weighted by Gasteiger charge is -2.24. The zero-order chi connectivity index (χ0) is 23.8. The Balaban J connectivity index is 1.19. The summed E-state index contributed by atoms with van der Waals surface area (Å²) in [5, 5.41) is 16.6.